The Bertz CT molecular complexity index is 764. The van der Waals surface area contributed by atoms with E-state index in [0.29, 0.717) is 0 Å². The van der Waals surface area contributed by atoms with Crippen molar-refractivity contribution >= 4 is 27.4 Å². The first-order valence-corrected chi connectivity index (χ1v) is 7.53. The van der Waals surface area contributed by atoms with Gasteiger partial charge in [0, 0.05) is 0 Å². The zero-order valence-corrected chi connectivity index (χ0v) is 12.1. The van der Waals surface area contributed by atoms with E-state index in [9.17, 15) is 13.2 Å². The molecule has 0 atom stereocenters. The van der Waals surface area contributed by atoms with E-state index in [1.807, 2.05) is 6.92 Å². The number of carbonyl (C=O) groups is 1. The van der Waals surface area contributed by atoms with Gasteiger partial charge in [-0.2, -0.15) is 0 Å². The Morgan fingerprint density at radius 1 is 1.05 bits per heavy atom. The van der Waals surface area contributed by atoms with Gasteiger partial charge in [0.1, 0.15) is 0 Å². The molecule has 2 rings (SSSR count). The second kappa shape index (κ2) is 5.26. The predicted molar refractivity (Wildman–Crippen MR) is 75.0 cm³/mol. The van der Waals surface area contributed by atoms with Gasteiger partial charge in [-0.25, -0.2) is 13.2 Å². The van der Waals surface area contributed by atoms with Crippen molar-refractivity contribution < 1.29 is 18.3 Å². The van der Waals surface area contributed by atoms with Crippen LogP contribution in [0.15, 0.2) is 52.3 Å². The van der Waals surface area contributed by atoms with E-state index in [0.717, 1.165) is 11.6 Å². The van der Waals surface area contributed by atoms with E-state index < -0.39 is 15.8 Å². The van der Waals surface area contributed by atoms with Crippen LogP contribution in [-0.4, -0.2) is 19.5 Å². The highest BCUT2D eigenvalue weighted by Crippen LogP contribution is 2.26. The highest BCUT2D eigenvalue weighted by atomic mass is 35.5. The number of rotatable bonds is 3. The summed E-state index contributed by atoms with van der Waals surface area (Å²) >= 11 is 5.80. The Morgan fingerprint density at radius 3 is 2.10 bits per heavy atom. The molecule has 0 bridgehead atoms. The van der Waals surface area contributed by atoms with Gasteiger partial charge in [0.05, 0.1) is 20.4 Å². The van der Waals surface area contributed by atoms with Crippen molar-refractivity contribution in [3.05, 3.63) is 58.6 Å². The van der Waals surface area contributed by atoms with E-state index in [1.54, 1.807) is 12.1 Å². The van der Waals surface area contributed by atoms with E-state index in [-0.39, 0.29) is 20.4 Å². The van der Waals surface area contributed by atoms with Crippen LogP contribution in [-0.2, 0) is 9.84 Å². The van der Waals surface area contributed by atoms with Gasteiger partial charge < -0.3 is 5.11 Å². The number of aryl methyl sites for hydroxylation is 1. The zero-order valence-electron chi connectivity index (χ0n) is 10.5. The van der Waals surface area contributed by atoms with E-state index in [4.69, 9.17) is 16.7 Å². The molecule has 104 valence electrons. The van der Waals surface area contributed by atoms with Crippen LogP contribution in [0.2, 0.25) is 5.02 Å². The van der Waals surface area contributed by atoms with Gasteiger partial charge in [0.15, 0.2) is 0 Å². The number of benzene rings is 2. The maximum Gasteiger partial charge on any atom is 0.337 e. The van der Waals surface area contributed by atoms with Crippen LogP contribution in [0, 0.1) is 6.92 Å². The minimum Gasteiger partial charge on any atom is -0.478 e. The number of carboxylic acids is 1. The van der Waals surface area contributed by atoms with Crippen LogP contribution in [0.5, 0.6) is 0 Å². The highest BCUT2D eigenvalue weighted by Gasteiger charge is 2.20. The summed E-state index contributed by atoms with van der Waals surface area (Å²) in [5.41, 5.74) is 0.817. The lowest BCUT2D eigenvalue weighted by Crippen LogP contribution is -2.04. The predicted octanol–water partition coefficient (Wildman–Crippen LogP) is 3.18. The SMILES string of the molecule is Cc1ccc(S(=O)(=O)c2ccc(C(=O)O)c(Cl)c2)cc1. The second-order valence-electron chi connectivity index (χ2n) is 4.26. The fraction of sp³-hybridized carbons (Fsp3) is 0.0714. The van der Waals surface area contributed by atoms with Gasteiger partial charge in [-0.1, -0.05) is 29.3 Å². The van der Waals surface area contributed by atoms with Crippen molar-refractivity contribution in [2.75, 3.05) is 0 Å². The maximum atomic E-state index is 12.4. The Balaban J connectivity index is 2.52. The normalized spacial score (nSPS) is 11.3. The molecule has 4 nitrogen and oxygen atoms in total. The number of sulfone groups is 1. The quantitative estimate of drug-likeness (QED) is 0.945. The first kappa shape index (κ1) is 14.6. The standard InChI is InChI=1S/C14H11ClO4S/c1-9-2-4-10(5-3-9)20(18,19)11-6-7-12(14(16)17)13(15)8-11/h2-8H,1H3,(H,16,17). The van der Waals surface area contributed by atoms with Crippen LogP contribution in [0.1, 0.15) is 15.9 Å². The number of aromatic carboxylic acids is 1. The summed E-state index contributed by atoms with van der Waals surface area (Å²) in [5.74, 6) is -1.20. The lowest BCUT2D eigenvalue weighted by atomic mass is 10.2. The maximum absolute atomic E-state index is 12.4. The smallest absolute Gasteiger partial charge is 0.337 e. The molecule has 0 aliphatic rings. The fourth-order valence-electron chi connectivity index (χ4n) is 1.69. The van der Waals surface area contributed by atoms with E-state index in [2.05, 4.69) is 0 Å². The Morgan fingerprint density at radius 2 is 1.60 bits per heavy atom. The van der Waals surface area contributed by atoms with Gasteiger partial charge in [-0.05, 0) is 37.3 Å². The van der Waals surface area contributed by atoms with Gasteiger partial charge in [-0.15, -0.1) is 0 Å². The van der Waals surface area contributed by atoms with E-state index >= 15 is 0 Å². The molecule has 0 radical (unpaired) electrons. The zero-order chi connectivity index (χ0) is 14.9. The van der Waals surface area contributed by atoms with Crippen LogP contribution < -0.4 is 0 Å². The first-order valence-electron chi connectivity index (χ1n) is 5.67. The average molecular weight is 311 g/mol. The van der Waals surface area contributed by atoms with Crippen LogP contribution >= 0.6 is 11.6 Å². The molecule has 1 N–H and O–H groups in total. The summed E-state index contributed by atoms with van der Waals surface area (Å²) in [4.78, 5) is 11.0. The third kappa shape index (κ3) is 2.69. The molecule has 2 aromatic rings. The third-order valence-electron chi connectivity index (χ3n) is 2.81. The second-order valence-corrected chi connectivity index (χ2v) is 6.62. The van der Waals surface area contributed by atoms with Crippen molar-refractivity contribution in [2.24, 2.45) is 0 Å². The monoisotopic (exact) mass is 310 g/mol. The van der Waals surface area contributed by atoms with Crippen molar-refractivity contribution in [2.45, 2.75) is 16.7 Å². The minimum atomic E-state index is -3.70. The molecule has 0 saturated heterocycles. The van der Waals surface area contributed by atoms with Gasteiger partial charge in [0.2, 0.25) is 9.84 Å². The van der Waals surface area contributed by atoms with Crippen molar-refractivity contribution in [3.63, 3.8) is 0 Å². The molecule has 0 saturated carbocycles. The molecule has 0 aliphatic heterocycles. The van der Waals surface area contributed by atoms with Gasteiger partial charge in [0.25, 0.3) is 0 Å². The van der Waals surface area contributed by atoms with Crippen molar-refractivity contribution in [3.8, 4) is 0 Å². The topological polar surface area (TPSA) is 71.4 Å². The molecule has 0 amide bonds. The van der Waals surface area contributed by atoms with Crippen LogP contribution in [0.3, 0.4) is 0 Å². The minimum absolute atomic E-state index is 0.0312. The largest absolute Gasteiger partial charge is 0.478 e. The fourth-order valence-corrected chi connectivity index (χ4v) is 3.30. The van der Waals surface area contributed by atoms with Crippen LogP contribution in [0.25, 0.3) is 0 Å². The summed E-state index contributed by atoms with van der Waals surface area (Å²) in [7, 11) is -3.70. The molecular formula is C14H11ClO4S. The number of hydrogen-bond acceptors (Lipinski definition) is 3. The number of hydrogen-bond donors (Lipinski definition) is 1. The van der Waals surface area contributed by atoms with Crippen molar-refractivity contribution in [1.29, 1.82) is 0 Å². The molecule has 20 heavy (non-hydrogen) atoms. The highest BCUT2D eigenvalue weighted by molar-refractivity contribution is 7.91. The first-order chi connectivity index (χ1) is 9.32. The Labute approximate surface area is 121 Å². The molecule has 0 unspecified atom stereocenters. The number of halogens is 1. The summed E-state index contributed by atoms with van der Waals surface area (Å²) < 4.78 is 24.7. The molecule has 0 heterocycles. The summed E-state index contributed by atoms with van der Waals surface area (Å²) in [6, 6.07) is 9.98. The Kier molecular flexibility index (Phi) is 3.83. The summed E-state index contributed by atoms with van der Waals surface area (Å²) in [5, 5.41) is 8.77. The van der Waals surface area contributed by atoms with Crippen LogP contribution in [0.4, 0.5) is 0 Å². The average Bonchev–Trinajstić information content (AvgIpc) is 2.38. The lowest BCUT2D eigenvalue weighted by Gasteiger charge is -2.07. The summed E-state index contributed by atoms with van der Waals surface area (Å²) in [6.45, 7) is 1.86. The molecule has 0 aliphatic carbocycles. The van der Waals surface area contributed by atoms with E-state index in [1.165, 1.54) is 24.3 Å². The Hall–Kier alpha value is -1.85. The van der Waals surface area contributed by atoms with Gasteiger partial charge in [-0.3, -0.25) is 0 Å². The lowest BCUT2D eigenvalue weighted by molar-refractivity contribution is 0.0697. The van der Waals surface area contributed by atoms with Gasteiger partial charge >= 0.3 is 5.97 Å². The van der Waals surface area contributed by atoms with Crippen molar-refractivity contribution in [1.82, 2.24) is 0 Å². The molecule has 0 aromatic heterocycles. The molecule has 2 aromatic carbocycles. The third-order valence-corrected chi connectivity index (χ3v) is 4.89. The number of carboxylic acid groups (broad SMARTS) is 1. The molecule has 6 heteroatoms. The summed E-state index contributed by atoms with van der Waals surface area (Å²) in [6.07, 6.45) is 0. The molecule has 0 spiro atoms. The molecule has 0 fully saturated rings. The molecular weight excluding hydrogens is 300 g/mol.